The molecule has 166 valence electrons. The monoisotopic (exact) mass is 454 g/mol. The van der Waals surface area contributed by atoms with Crippen LogP contribution in [0.4, 0.5) is 25.4 Å². The molecule has 0 aliphatic carbocycles. The predicted molar refractivity (Wildman–Crippen MR) is 125 cm³/mol. The highest BCUT2D eigenvalue weighted by Gasteiger charge is 2.22. The van der Waals surface area contributed by atoms with E-state index < -0.39 is 0 Å². The number of aryl methyl sites for hydroxylation is 1. The number of halogens is 2. The number of rotatable bonds is 5. The molecule has 4 aromatic rings. The normalized spacial score (nSPS) is 14.3. The van der Waals surface area contributed by atoms with Crippen LogP contribution in [-0.2, 0) is 6.42 Å². The minimum Gasteiger partial charge on any atom is -0.365 e. The molecule has 0 atom stereocenters. The maximum Gasteiger partial charge on any atom is 0.191 e. The van der Waals surface area contributed by atoms with Crippen LogP contribution in [0.15, 0.2) is 41.9 Å². The lowest BCUT2D eigenvalue weighted by atomic mass is 10.2. The summed E-state index contributed by atoms with van der Waals surface area (Å²) in [7, 11) is 1.95. The van der Waals surface area contributed by atoms with Gasteiger partial charge in [-0.05, 0) is 30.7 Å². The van der Waals surface area contributed by atoms with E-state index in [1.165, 1.54) is 29.5 Å². The number of piperazine rings is 1. The summed E-state index contributed by atoms with van der Waals surface area (Å²) in [5.74, 6) is 0.347. The van der Waals surface area contributed by atoms with E-state index in [2.05, 4.69) is 15.2 Å². The Bertz CT molecular complexity index is 1240. The third kappa shape index (κ3) is 3.71. The summed E-state index contributed by atoms with van der Waals surface area (Å²) in [6, 6.07) is 7.83. The van der Waals surface area contributed by atoms with Crippen molar-refractivity contribution in [2.75, 3.05) is 43.0 Å². The van der Waals surface area contributed by atoms with Gasteiger partial charge >= 0.3 is 0 Å². The predicted octanol–water partition coefficient (Wildman–Crippen LogP) is 4.48. The lowest BCUT2D eigenvalue weighted by Crippen LogP contribution is -2.44. The van der Waals surface area contributed by atoms with Crippen LogP contribution >= 0.6 is 11.3 Å². The summed E-state index contributed by atoms with van der Waals surface area (Å²) >= 11 is 1.51. The molecular weight excluding hydrogens is 430 g/mol. The minimum atomic E-state index is -0.271. The molecule has 0 saturated carbocycles. The van der Waals surface area contributed by atoms with Crippen LogP contribution in [0.5, 0.6) is 0 Å². The van der Waals surface area contributed by atoms with Gasteiger partial charge in [-0.1, -0.05) is 6.92 Å². The number of hydrogen-bond donors (Lipinski definition) is 1. The number of anilines is 3. The quantitative estimate of drug-likeness (QED) is 0.482. The van der Waals surface area contributed by atoms with E-state index in [9.17, 15) is 8.78 Å². The van der Waals surface area contributed by atoms with E-state index in [-0.39, 0.29) is 11.6 Å². The van der Waals surface area contributed by atoms with Crippen LogP contribution in [0.3, 0.4) is 0 Å². The zero-order valence-electron chi connectivity index (χ0n) is 18.0. The van der Waals surface area contributed by atoms with Gasteiger partial charge in [0.1, 0.15) is 17.3 Å². The lowest BCUT2D eigenvalue weighted by molar-refractivity contribution is 0.565. The van der Waals surface area contributed by atoms with Crippen molar-refractivity contribution in [3.63, 3.8) is 0 Å². The molecule has 0 amide bonds. The van der Waals surface area contributed by atoms with Gasteiger partial charge in [-0.25, -0.2) is 18.7 Å². The van der Waals surface area contributed by atoms with E-state index in [0.29, 0.717) is 17.8 Å². The zero-order valence-corrected chi connectivity index (χ0v) is 18.8. The number of aromatic nitrogens is 3. The summed E-state index contributed by atoms with van der Waals surface area (Å²) in [5.41, 5.74) is 3.69. The fourth-order valence-corrected chi connectivity index (χ4v) is 4.88. The van der Waals surface area contributed by atoms with Crippen molar-refractivity contribution in [2.24, 2.45) is 0 Å². The first-order valence-electron chi connectivity index (χ1n) is 10.7. The smallest absolute Gasteiger partial charge is 0.191 e. The van der Waals surface area contributed by atoms with Gasteiger partial charge < -0.3 is 15.1 Å². The number of imidazole rings is 1. The molecule has 6 nitrogen and oxygen atoms in total. The Labute approximate surface area is 189 Å². The van der Waals surface area contributed by atoms with Crippen molar-refractivity contribution in [2.45, 2.75) is 13.3 Å². The van der Waals surface area contributed by atoms with E-state index in [0.717, 1.165) is 54.1 Å². The Morgan fingerprint density at radius 3 is 2.59 bits per heavy atom. The molecule has 1 saturated heterocycles. The first-order valence-corrected chi connectivity index (χ1v) is 11.5. The Balaban J connectivity index is 1.55. The molecule has 9 heteroatoms. The molecule has 4 heterocycles. The largest absolute Gasteiger partial charge is 0.365 e. The summed E-state index contributed by atoms with van der Waals surface area (Å²) in [5, 5.41) is 6.05. The number of benzene rings is 1. The summed E-state index contributed by atoms with van der Waals surface area (Å²) in [4.78, 5) is 13.5. The van der Waals surface area contributed by atoms with Gasteiger partial charge in [-0.2, -0.15) is 0 Å². The molecule has 1 aliphatic heterocycles. The van der Waals surface area contributed by atoms with Crippen LogP contribution < -0.4 is 15.1 Å². The maximum absolute atomic E-state index is 14.9. The Morgan fingerprint density at radius 1 is 1.12 bits per heavy atom. The molecule has 0 bridgehead atoms. The Kier molecular flexibility index (Phi) is 5.52. The molecule has 0 unspecified atom stereocenters. The van der Waals surface area contributed by atoms with Crippen LogP contribution in [-0.4, -0.2) is 47.6 Å². The minimum absolute atomic E-state index is 0.255. The van der Waals surface area contributed by atoms with Crippen molar-refractivity contribution >= 4 is 33.6 Å². The number of hydrogen-bond acceptors (Lipinski definition) is 6. The van der Waals surface area contributed by atoms with E-state index >= 15 is 0 Å². The van der Waals surface area contributed by atoms with Crippen LogP contribution in [0, 0.1) is 11.6 Å². The standard InChI is InChI=1S/C23H24F2N6S/c1-3-18-22(29(2)23-28-19(14-32-23)15-4-6-16(24)7-5-15)31-13-20(17(25)12-21(31)27-18)30-10-8-26-9-11-30/h4-7,12-14,26H,3,8-11H2,1-2H3. The third-order valence-corrected chi connectivity index (χ3v) is 6.68. The molecule has 0 spiro atoms. The van der Waals surface area contributed by atoms with Crippen molar-refractivity contribution < 1.29 is 8.78 Å². The maximum atomic E-state index is 14.9. The first kappa shape index (κ1) is 20.8. The fourth-order valence-electron chi connectivity index (χ4n) is 4.08. The van der Waals surface area contributed by atoms with Gasteiger partial charge in [-0.15, -0.1) is 11.3 Å². The van der Waals surface area contributed by atoms with Crippen molar-refractivity contribution in [3.05, 3.63) is 59.2 Å². The second-order valence-electron chi connectivity index (χ2n) is 7.79. The molecule has 0 radical (unpaired) electrons. The Morgan fingerprint density at radius 2 is 1.88 bits per heavy atom. The second-order valence-corrected chi connectivity index (χ2v) is 8.63. The van der Waals surface area contributed by atoms with Gasteiger partial charge in [0.25, 0.3) is 0 Å². The van der Waals surface area contributed by atoms with Gasteiger partial charge in [0, 0.05) is 56.4 Å². The van der Waals surface area contributed by atoms with E-state index in [1.54, 1.807) is 12.1 Å². The SMILES string of the molecule is CCc1nc2cc(F)c(N3CCNCC3)cn2c1N(C)c1nc(-c2ccc(F)cc2)cs1. The molecule has 5 rings (SSSR count). The Hall–Kier alpha value is -3.04. The first-order chi connectivity index (χ1) is 15.5. The molecule has 1 N–H and O–H groups in total. The number of pyridine rings is 1. The highest BCUT2D eigenvalue weighted by atomic mass is 32.1. The van der Waals surface area contributed by atoms with E-state index in [4.69, 9.17) is 4.98 Å². The van der Waals surface area contributed by atoms with Crippen LogP contribution in [0.2, 0.25) is 0 Å². The van der Waals surface area contributed by atoms with Gasteiger partial charge in [0.15, 0.2) is 10.9 Å². The number of nitrogens with zero attached hydrogens (tertiary/aromatic N) is 5. The summed E-state index contributed by atoms with van der Waals surface area (Å²) in [6.07, 6.45) is 2.56. The fraction of sp³-hybridized carbons (Fsp3) is 0.304. The number of nitrogens with one attached hydrogen (secondary N) is 1. The van der Waals surface area contributed by atoms with Crippen molar-refractivity contribution in [3.8, 4) is 11.3 Å². The summed E-state index contributed by atoms with van der Waals surface area (Å²) in [6.45, 7) is 5.23. The lowest BCUT2D eigenvalue weighted by Gasteiger charge is -2.30. The third-order valence-electron chi connectivity index (χ3n) is 5.76. The van der Waals surface area contributed by atoms with E-state index in [1.807, 2.05) is 34.8 Å². The molecule has 1 aliphatic rings. The van der Waals surface area contributed by atoms with Crippen molar-refractivity contribution in [1.82, 2.24) is 19.7 Å². The van der Waals surface area contributed by atoms with Crippen molar-refractivity contribution in [1.29, 1.82) is 0 Å². The highest BCUT2D eigenvalue weighted by molar-refractivity contribution is 7.14. The number of thiazole rings is 1. The van der Waals surface area contributed by atoms with Crippen LogP contribution in [0.1, 0.15) is 12.6 Å². The average Bonchev–Trinajstić information content (AvgIpc) is 3.44. The molecule has 32 heavy (non-hydrogen) atoms. The molecule has 1 aromatic carbocycles. The molecule has 1 fully saturated rings. The van der Waals surface area contributed by atoms with Gasteiger partial charge in [0.05, 0.1) is 17.1 Å². The molecule has 3 aromatic heterocycles. The van der Waals surface area contributed by atoms with Crippen LogP contribution in [0.25, 0.3) is 16.9 Å². The zero-order chi connectivity index (χ0) is 22.2. The average molecular weight is 455 g/mol. The number of fused-ring (bicyclic) bond motifs is 1. The highest BCUT2D eigenvalue weighted by Crippen LogP contribution is 2.35. The second kappa shape index (κ2) is 8.48. The van der Waals surface area contributed by atoms with Gasteiger partial charge in [-0.3, -0.25) is 4.40 Å². The molecular formula is C23H24F2N6S. The topological polar surface area (TPSA) is 48.7 Å². The summed E-state index contributed by atoms with van der Waals surface area (Å²) < 4.78 is 30.2. The van der Waals surface area contributed by atoms with Gasteiger partial charge in [0.2, 0.25) is 0 Å².